The van der Waals surface area contributed by atoms with E-state index in [1.54, 1.807) is 17.0 Å². The molecule has 0 unspecified atom stereocenters. The summed E-state index contributed by atoms with van der Waals surface area (Å²) >= 11 is 0. The Morgan fingerprint density at radius 1 is 1.17 bits per heavy atom. The number of likely N-dealkylation sites (tertiary alicyclic amines) is 1. The van der Waals surface area contributed by atoms with Crippen LogP contribution in [0.1, 0.15) is 74.7 Å². The van der Waals surface area contributed by atoms with E-state index in [4.69, 9.17) is 9.47 Å². The second-order valence-electron chi connectivity index (χ2n) is 10.3. The summed E-state index contributed by atoms with van der Waals surface area (Å²) in [6.07, 6.45) is 0.832. The van der Waals surface area contributed by atoms with Gasteiger partial charge in [-0.1, -0.05) is 0 Å². The van der Waals surface area contributed by atoms with E-state index in [2.05, 4.69) is 4.98 Å². The van der Waals surface area contributed by atoms with Crippen molar-refractivity contribution in [1.82, 2.24) is 9.88 Å². The molecule has 200 valence electrons. The van der Waals surface area contributed by atoms with E-state index in [0.717, 1.165) is 12.8 Å². The van der Waals surface area contributed by atoms with Crippen LogP contribution in [0, 0.1) is 11.8 Å². The van der Waals surface area contributed by atoms with Crippen LogP contribution in [0.3, 0.4) is 0 Å². The zero-order valence-electron chi connectivity index (χ0n) is 20.5. The highest BCUT2D eigenvalue weighted by atomic mass is 19.4. The number of amides is 1. The van der Waals surface area contributed by atoms with Gasteiger partial charge in [0.05, 0.1) is 17.6 Å². The number of aromatic nitrogens is 1. The number of rotatable bonds is 8. The lowest BCUT2D eigenvalue weighted by Gasteiger charge is -2.33. The normalized spacial score (nSPS) is 26.6. The average Bonchev–Trinajstić information content (AvgIpc) is 3.34. The minimum atomic E-state index is -4.19. The molecular formula is C26H35F3N2O5. The zero-order valence-corrected chi connectivity index (χ0v) is 20.5. The molecule has 36 heavy (non-hydrogen) atoms. The van der Waals surface area contributed by atoms with Gasteiger partial charge >= 0.3 is 6.18 Å². The van der Waals surface area contributed by atoms with Crippen LogP contribution in [0.2, 0.25) is 0 Å². The summed E-state index contributed by atoms with van der Waals surface area (Å²) in [5, 5.41) is 10.6. The van der Waals surface area contributed by atoms with Gasteiger partial charge in [-0.05, 0) is 69.9 Å². The third-order valence-electron chi connectivity index (χ3n) is 7.91. The fourth-order valence-corrected chi connectivity index (χ4v) is 5.57. The Labute approximate surface area is 209 Å². The molecule has 2 saturated heterocycles. The number of Topliss-reactive ketones (excluding diaryl/α,β-unsaturated/α-hetero) is 1. The van der Waals surface area contributed by atoms with Gasteiger partial charge in [0.1, 0.15) is 18.1 Å². The van der Waals surface area contributed by atoms with E-state index in [9.17, 15) is 27.9 Å². The first-order valence-electron chi connectivity index (χ1n) is 12.9. The Kier molecular flexibility index (Phi) is 8.55. The van der Waals surface area contributed by atoms with Crippen LogP contribution in [0.15, 0.2) is 18.3 Å². The minimum Gasteiger partial charge on any atom is -0.489 e. The molecule has 1 atom stereocenters. The number of ether oxygens (including phenoxy) is 2. The summed E-state index contributed by atoms with van der Waals surface area (Å²) in [5.74, 6) is -1.66. The van der Waals surface area contributed by atoms with Gasteiger partial charge in [-0.2, -0.15) is 13.2 Å². The maximum absolute atomic E-state index is 13.1. The van der Waals surface area contributed by atoms with Crippen LogP contribution in [0.5, 0.6) is 5.75 Å². The highest BCUT2D eigenvalue weighted by molar-refractivity contribution is 5.96. The molecule has 4 rings (SSSR count). The third kappa shape index (κ3) is 6.56. The first kappa shape index (κ1) is 26.9. The Bertz CT molecular complexity index is 911. The zero-order chi connectivity index (χ0) is 25.8. The molecular weight excluding hydrogens is 477 g/mol. The van der Waals surface area contributed by atoms with Crippen molar-refractivity contribution in [2.24, 2.45) is 11.8 Å². The Hall–Kier alpha value is -2.20. The monoisotopic (exact) mass is 512 g/mol. The Morgan fingerprint density at radius 3 is 2.58 bits per heavy atom. The van der Waals surface area contributed by atoms with Gasteiger partial charge in [0.15, 0.2) is 5.78 Å². The molecule has 0 aromatic carbocycles. The van der Waals surface area contributed by atoms with Crippen molar-refractivity contribution in [2.75, 3.05) is 26.4 Å². The number of hydrogen-bond acceptors (Lipinski definition) is 6. The molecule has 1 saturated carbocycles. The van der Waals surface area contributed by atoms with Crippen molar-refractivity contribution in [3.05, 3.63) is 24.0 Å². The summed E-state index contributed by atoms with van der Waals surface area (Å²) in [4.78, 5) is 32.0. The van der Waals surface area contributed by atoms with Gasteiger partial charge in [-0.25, -0.2) is 4.98 Å². The number of halogens is 3. The van der Waals surface area contributed by atoms with Gasteiger partial charge in [0, 0.05) is 38.3 Å². The maximum Gasteiger partial charge on any atom is 0.391 e. The van der Waals surface area contributed by atoms with Crippen LogP contribution < -0.4 is 4.74 Å². The van der Waals surface area contributed by atoms with E-state index in [1.807, 2.05) is 0 Å². The van der Waals surface area contributed by atoms with E-state index < -0.39 is 17.7 Å². The fourth-order valence-electron chi connectivity index (χ4n) is 5.57. The largest absolute Gasteiger partial charge is 0.489 e. The topological polar surface area (TPSA) is 89.0 Å². The van der Waals surface area contributed by atoms with Gasteiger partial charge in [0.2, 0.25) is 5.91 Å². The quantitative estimate of drug-likeness (QED) is 0.522. The number of aliphatic hydroxyl groups is 1. The number of alkyl halides is 3. The van der Waals surface area contributed by atoms with Gasteiger partial charge in [0.25, 0.3) is 0 Å². The highest BCUT2D eigenvalue weighted by Crippen LogP contribution is 2.40. The molecule has 1 aromatic rings. The Balaban J connectivity index is 1.32. The van der Waals surface area contributed by atoms with Crippen LogP contribution in [-0.2, 0) is 9.53 Å². The molecule has 7 nitrogen and oxygen atoms in total. The lowest BCUT2D eigenvalue weighted by molar-refractivity contribution is -0.185. The second-order valence-corrected chi connectivity index (χ2v) is 10.3. The predicted octanol–water partition coefficient (Wildman–Crippen LogP) is 4.32. The second kappa shape index (κ2) is 11.5. The summed E-state index contributed by atoms with van der Waals surface area (Å²) < 4.78 is 50.2. The average molecular weight is 513 g/mol. The number of carbonyl (C=O) groups is 2. The van der Waals surface area contributed by atoms with Crippen molar-refractivity contribution in [3.8, 4) is 5.75 Å². The minimum absolute atomic E-state index is 0.00177. The molecule has 1 aliphatic carbocycles. The van der Waals surface area contributed by atoms with E-state index >= 15 is 0 Å². The van der Waals surface area contributed by atoms with Crippen molar-refractivity contribution in [3.63, 3.8) is 0 Å². The summed E-state index contributed by atoms with van der Waals surface area (Å²) in [6.45, 7) is 1.70. The van der Waals surface area contributed by atoms with Crippen LogP contribution in [0.4, 0.5) is 13.2 Å². The molecule has 3 heterocycles. The van der Waals surface area contributed by atoms with Crippen molar-refractivity contribution < 1.29 is 37.3 Å². The molecule has 0 radical (unpaired) electrons. The van der Waals surface area contributed by atoms with Crippen molar-refractivity contribution >= 4 is 11.7 Å². The SMILES string of the molecule is O=C(CCC1(O)CCOCC1)c1ncccc1OC[C@H]1CCCN1C(=O)C1CCC(C(F)(F)F)CC1. The lowest BCUT2D eigenvalue weighted by Crippen LogP contribution is -2.44. The molecule has 3 aliphatic rings. The van der Waals surface area contributed by atoms with Crippen LogP contribution >= 0.6 is 0 Å². The summed E-state index contributed by atoms with van der Waals surface area (Å²) in [6, 6.07) is 3.15. The maximum atomic E-state index is 13.1. The van der Waals surface area contributed by atoms with Gasteiger partial charge in [-0.15, -0.1) is 0 Å². The first-order valence-corrected chi connectivity index (χ1v) is 12.9. The number of carbonyl (C=O) groups excluding carboxylic acids is 2. The summed E-state index contributed by atoms with van der Waals surface area (Å²) in [5.41, 5.74) is -0.706. The highest BCUT2D eigenvalue weighted by Gasteiger charge is 2.44. The van der Waals surface area contributed by atoms with Crippen molar-refractivity contribution in [1.29, 1.82) is 0 Å². The molecule has 1 aromatic heterocycles. The number of pyridine rings is 1. The number of hydrogen-bond donors (Lipinski definition) is 1. The van der Waals surface area contributed by atoms with E-state index in [1.165, 1.54) is 6.20 Å². The molecule has 2 aliphatic heterocycles. The third-order valence-corrected chi connectivity index (χ3v) is 7.91. The van der Waals surface area contributed by atoms with E-state index in [0.29, 0.717) is 44.8 Å². The number of ketones is 1. The molecule has 0 bridgehead atoms. The lowest BCUT2D eigenvalue weighted by atomic mass is 9.81. The molecule has 3 fully saturated rings. The molecule has 1 amide bonds. The molecule has 1 N–H and O–H groups in total. The number of nitrogens with zero attached hydrogens (tertiary/aromatic N) is 2. The molecule has 0 spiro atoms. The van der Waals surface area contributed by atoms with Crippen LogP contribution in [-0.4, -0.2) is 70.9 Å². The Morgan fingerprint density at radius 2 is 1.89 bits per heavy atom. The standard InChI is InChI=1S/C26H35F3N2O5/c27-26(28,29)19-7-5-18(6-8-19)24(33)31-14-2-3-20(31)17-36-22-4-1-13-30-23(22)21(32)9-10-25(34)11-15-35-16-12-25/h1,4,13,18-20,34H,2-3,5-12,14-17H2/t18?,19?,20-/m1/s1. The van der Waals surface area contributed by atoms with Gasteiger partial charge in [-0.3, -0.25) is 9.59 Å². The fraction of sp³-hybridized carbons (Fsp3) is 0.731. The predicted molar refractivity (Wildman–Crippen MR) is 125 cm³/mol. The first-order chi connectivity index (χ1) is 17.2. The molecule has 10 heteroatoms. The van der Waals surface area contributed by atoms with Gasteiger partial charge < -0.3 is 19.5 Å². The van der Waals surface area contributed by atoms with Crippen LogP contribution in [0.25, 0.3) is 0 Å². The summed E-state index contributed by atoms with van der Waals surface area (Å²) in [7, 11) is 0. The smallest absolute Gasteiger partial charge is 0.391 e. The van der Waals surface area contributed by atoms with E-state index in [-0.39, 0.29) is 68.1 Å². The van der Waals surface area contributed by atoms with Crippen molar-refractivity contribution in [2.45, 2.75) is 82.0 Å².